The van der Waals surface area contributed by atoms with Crippen LogP contribution in [0.4, 0.5) is 5.69 Å². The van der Waals surface area contributed by atoms with Gasteiger partial charge in [0.05, 0.1) is 0 Å². The van der Waals surface area contributed by atoms with Gasteiger partial charge in [-0.3, -0.25) is 4.79 Å². The minimum atomic E-state index is -0.0946. The van der Waals surface area contributed by atoms with Crippen molar-refractivity contribution in [3.05, 3.63) is 78.0 Å². The number of hydrogen-bond acceptors (Lipinski definition) is 2. The lowest BCUT2D eigenvalue weighted by Gasteiger charge is -2.11. The summed E-state index contributed by atoms with van der Waals surface area (Å²) in [5.74, 6) is -0.0946. The van der Waals surface area contributed by atoms with Crippen LogP contribution in [0.5, 0.6) is 0 Å². The molecule has 0 aliphatic rings. The van der Waals surface area contributed by atoms with E-state index in [2.05, 4.69) is 29.7 Å². The van der Waals surface area contributed by atoms with E-state index in [9.17, 15) is 4.79 Å². The van der Waals surface area contributed by atoms with Crippen LogP contribution in [0.2, 0.25) is 0 Å². The maximum atomic E-state index is 12.2. The van der Waals surface area contributed by atoms with E-state index in [4.69, 9.17) is 0 Å². The van der Waals surface area contributed by atoms with Gasteiger partial charge in [0.25, 0.3) is 0 Å². The number of nitrogens with one attached hydrogen (secondary N) is 2. The van der Waals surface area contributed by atoms with Crippen molar-refractivity contribution in [1.29, 1.82) is 0 Å². The molecule has 0 bridgehead atoms. The molecule has 23 heavy (non-hydrogen) atoms. The summed E-state index contributed by atoms with van der Waals surface area (Å²) in [6.45, 7) is 2.88. The molecule has 0 aliphatic carbocycles. The van der Waals surface area contributed by atoms with Gasteiger partial charge in [0.1, 0.15) is 0 Å². The third-order valence-electron chi connectivity index (χ3n) is 3.51. The topological polar surface area (TPSA) is 41.1 Å². The third-order valence-corrected chi connectivity index (χ3v) is 3.51. The highest BCUT2D eigenvalue weighted by Gasteiger charge is 2.03. The second-order valence-corrected chi connectivity index (χ2v) is 5.47. The summed E-state index contributed by atoms with van der Waals surface area (Å²) >= 11 is 0. The van der Waals surface area contributed by atoms with Crippen LogP contribution in [0, 0.1) is 0 Å². The first kappa shape index (κ1) is 16.8. The molecule has 0 aromatic heterocycles. The zero-order valence-electron chi connectivity index (χ0n) is 13.6. The third kappa shape index (κ3) is 6.39. The molecule has 120 valence electrons. The number of rotatable bonds is 8. The maximum absolute atomic E-state index is 12.2. The van der Waals surface area contributed by atoms with E-state index in [1.165, 1.54) is 5.56 Å². The molecule has 2 aromatic rings. The van der Waals surface area contributed by atoms with Crippen molar-refractivity contribution < 1.29 is 4.79 Å². The average Bonchev–Trinajstić information content (AvgIpc) is 2.59. The molecule has 2 rings (SSSR count). The highest BCUT2D eigenvalue weighted by atomic mass is 16.1. The molecule has 0 spiro atoms. The minimum Gasteiger partial charge on any atom is -0.384 e. The van der Waals surface area contributed by atoms with E-state index in [-0.39, 0.29) is 5.91 Å². The van der Waals surface area contributed by atoms with E-state index in [0.717, 1.165) is 37.2 Å². The highest BCUT2D eigenvalue weighted by Crippen LogP contribution is 2.09. The van der Waals surface area contributed by atoms with E-state index < -0.39 is 0 Å². The number of benzene rings is 2. The van der Waals surface area contributed by atoms with Gasteiger partial charge in [0.2, 0.25) is 5.91 Å². The zero-order valence-corrected chi connectivity index (χ0v) is 13.6. The fraction of sp³-hybridized carbons (Fsp3) is 0.250. The predicted octanol–water partition coefficient (Wildman–Crippen LogP) is 4.49. The number of hydrogen-bond donors (Lipinski definition) is 2. The molecule has 0 saturated carbocycles. The van der Waals surface area contributed by atoms with Crippen LogP contribution in [0.25, 0.3) is 0 Å². The summed E-state index contributed by atoms with van der Waals surface area (Å²) in [5.41, 5.74) is 2.99. The van der Waals surface area contributed by atoms with Gasteiger partial charge in [0, 0.05) is 24.0 Å². The SMILES string of the molecule is CCCCC(=CC(=O)Nc1ccccc1)NCc1ccccc1. The molecule has 1 amide bonds. The Balaban J connectivity index is 1.96. The molecule has 0 heterocycles. The number of allylic oxidation sites excluding steroid dienone is 1. The van der Waals surface area contributed by atoms with E-state index >= 15 is 0 Å². The molecule has 0 saturated heterocycles. The molecular weight excluding hydrogens is 284 g/mol. The smallest absolute Gasteiger partial charge is 0.250 e. The largest absolute Gasteiger partial charge is 0.384 e. The Morgan fingerprint density at radius 3 is 2.30 bits per heavy atom. The van der Waals surface area contributed by atoms with Crippen molar-refractivity contribution in [3.8, 4) is 0 Å². The Morgan fingerprint density at radius 1 is 1.00 bits per heavy atom. The molecule has 0 aliphatic heterocycles. The highest BCUT2D eigenvalue weighted by molar-refractivity contribution is 5.99. The Labute approximate surface area is 138 Å². The summed E-state index contributed by atoms with van der Waals surface area (Å²) in [4.78, 5) is 12.2. The Bertz CT molecular complexity index is 621. The van der Waals surface area contributed by atoms with E-state index in [0.29, 0.717) is 0 Å². The zero-order chi connectivity index (χ0) is 16.3. The Hall–Kier alpha value is -2.55. The Morgan fingerprint density at radius 2 is 1.65 bits per heavy atom. The van der Waals surface area contributed by atoms with Gasteiger partial charge in [-0.25, -0.2) is 0 Å². The molecule has 0 unspecified atom stereocenters. The monoisotopic (exact) mass is 308 g/mol. The summed E-state index contributed by atoms with van der Waals surface area (Å²) in [6.07, 6.45) is 4.72. The molecule has 3 heteroatoms. The maximum Gasteiger partial charge on any atom is 0.250 e. The average molecular weight is 308 g/mol. The van der Waals surface area contributed by atoms with Gasteiger partial charge in [-0.05, 0) is 30.5 Å². The van der Waals surface area contributed by atoms with Crippen molar-refractivity contribution in [2.45, 2.75) is 32.7 Å². The molecule has 0 atom stereocenters. The second kappa shape index (κ2) is 9.46. The first-order valence-electron chi connectivity index (χ1n) is 8.12. The van der Waals surface area contributed by atoms with E-state index in [1.807, 2.05) is 48.5 Å². The lowest BCUT2D eigenvalue weighted by atomic mass is 10.1. The molecule has 0 fully saturated rings. The van der Waals surface area contributed by atoms with Crippen molar-refractivity contribution in [2.75, 3.05) is 5.32 Å². The summed E-state index contributed by atoms with van der Waals surface area (Å²) in [6, 6.07) is 19.7. The molecule has 3 nitrogen and oxygen atoms in total. The summed E-state index contributed by atoms with van der Waals surface area (Å²) < 4.78 is 0. The first-order valence-corrected chi connectivity index (χ1v) is 8.12. The van der Waals surface area contributed by atoms with Crippen molar-refractivity contribution in [2.24, 2.45) is 0 Å². The number of carbonyl (C=O) groups is 1. The minimum absolute atomic E-state index is 0.0946. The van der Waals surface area contributed by atoms with Crippen LogP contribution in [0.15, 0.2) is 72.4 Å². The van der Waals surface area contributed by atoms with Gasteiger partial charge in [-0.1, -0.05) is 61.9 Å². The van der Waals surface area contributed by atoms with Crippen molar-refractivity contribution in [1.82, 2.24) is 5.32 Å². The van der Waals surface area contributed by atoms with E-state index in [1.54, 1.807) is 6.08 Å². The second-order valence-electron chi connectivity index (χ2n) is 5.47. The predicted molar refractivity (Wildman–Crippen MR) is 96.0 cm³/mol. The van der Waals surface area contributed by atoms with Gasteiger partial charge in [-0.2, -0.15) is 0 Å². The number of amides is 1. The van der Waals surface area contributed by atoms with Gasteiger partial charge in [-0.15, -0.1) is 0 Å². The molecule has 2 N–H and O–H groups in total. The van der Waals surface area contributed by atoms with Gasteiger partial charge < -0.3 is 10.6 Å². The molecule has 2 aromatic carbocycles. The summed E-state index contributed by atoms with van der Waals surface area (Å²) in [7, 11) is 0. The number of anilines is 1. The van der Waals surface area contributed by atoms with Crippen LogP contribution in [-0.2, 0) is 11.3 Å². The standard InChI is InChI=1S/C20H24N2O/c1-2-3-12-19(21-16-17-10-6-4-7-11-17)15-20(23)22-18-13-8-5-9-14-18/h4-11,13-15,21H,2-3,12,16H2,1H3,(H,22,23). The first-order chi connectivity index (χ1) is 11.3. The molecule has 0 radical (unpaired) electrons. The fourth-order valence-electron chi connectivity index (χ4n) is 2.25. The number of unbranched alkanes of at least 4 members (excludes halogenated alkanes) is 1. The lowest BCUT2D eigenvalue weighted by Crippen LogP contribution is -2.17. The number of carbonyl (C=O) groups excluding carboxylic acids is 1. The van der Waals surface area contributed by atoms with Gasteiger partial charge >= 0.3 is 0 Å². The van der Waals surface area contributed by atoms with Crippen molar-refractivity contribution in [3.63, 3.8) is 0 Å². The lowest BCUT2D eigenvalue weighted by molar-refractivity contribution is -0.112. The van der Waals surface area contributed by atoms with Crippen molar-refractivity contribution >= 4 is 11.6 Å². The summed E-state index contributed by atoms with van der Waals surface area (Å²) in [5, 5.41) is 6.28. The van der Waals surface area contributed by atoms with Crippen LogP contribution in [0.3, 0.4) is 0 Å². The van der Waals surface area contributed by atoms with Crippen LogP contribution < -0.4 is 10.6 Å². The van der Waals surface area contributed by atoms with Crippen LogP contribution in [-0.4, -0.2) is 5.91 Å². The number of para-hydroxylation sites is 1. The normalized spacial score (nSPS) is 11.1. The molecular formula is C20H24N2O. The Kier molecular flexibility index (Phi) is 6.92. The van der Waals surface area contributed by atoms with Gasteiger partial charge in [0.15, 0.2) is 0 Å². The fourth-order valence-corrected chi connectivity index (χ4v) is 2.25. The van der Waals surface area contributed by atoms with Crippen LogP contribution in [0.1, 0.15) is 31.7 Å². The van der Waals surface area contributed by atoms with Crippen LogP contribution >= 0.6 is 0 Å². The quantitative estimate of drug-likeness (QED) is 0.706.